The van der Waals surface area contributed by atoms with E-state index >= 15 is 0 Å². The molecule has 2 N–H and O–H groups in total. The van der Waals surface area contributed by atoms with Gasteiger partial charge in [-0.2, -0.15) is 16.7 Å². The van der Waals surface area contributed by atoms with Gasteiger partial charge in [-0.25, -0.2) is 0 Å². The van der Waals surface area contributed by atoms with E-state index < -0.39 is 0 Å². The molecule has 2 heterocycles. The molecule has 2 aromatic rings. The predicted octanol–water partition coefficient (Wildman–Crippen LogP) is 1.99. The highest BCUT2D eigenvalue weighted by atomic mass is 32.2. The van der Waals surface area contributed by atoms with E-state index in [2.05, 4.69) is 10.1 Å². The smallest absolute Gasteiger partial charge is 0.236 e. The zero-order valence-corrected chi connectivity index (χ0v) is 9.68. The molecular weight excluding hydrogens is 230 g/mol. The third-order valence-electron chi connectivity index (χ3n) is 1.70. The molecular formula is C9H11N3OS2. The Balaban J connectivity index is 1.98. The van der Waals surface area contributed by atoms with Crippen LogP contribution in [0.25, 0.3) is 10.7 Å². The van der Waals surface area contributed by atoms with Crippen molar-refractivity contribution in [3.63, 3.8) is 0 Å². The van der Waals surface area contributed by atoms with Gasteiger partial charge in [0.2, 0.25) is 11.7 Å². The summed E-state index contributed by atoms with van der Waals surface area (Å²) < 4.78 is 5.12. The van der Waals surface area contributed by atoms with Gasteiger partial charge in [-0.15, -0.1) is 11.3 Å². The fourth-order valence-corrected chi connectivity index (χ4v) is 2.31. The number of thiophene rings is 1. The molecule has 6 heteroatoms. The molecule has 0 fully saturated rings. The lowest BCUT2D eigenvalue weighted by Crippen LogP contribution is -2.01. The maximum absolute atomic E-state index is 5.39. The molecule has 0 saturated carbocycles. The Kier molecular flexibility index (Phi) is 3.76. The van der Waals surface area contributed by atoms with E-state index in [-0.39, 0.29) is 0 Å². The van der Waals surface area contributed by atoms with Crippen molar-refractivity contribution >= 4 is 23.1 Å². The van der Waals surface area contributed by atoms with Gasteiger partial charge in [0.05, 0.1) is 10.6 Å². The van der Waals surface area contributed by atoms with E-state index in [9.17, 15) is 0 Å². The highest BCUT2D eigenvalue weighted by molar-refractivity contribution is 7.98. The molecule has 0 radical (unpaired) electrons. The lowest BCUT2D eigenvalue weighted by molar-refractivity contribution is 0.392. The van der Waals surface area contributed by atoms with Crippen molar-refractivity contribution < 1.29 is 4.52 Å². The van der Waals surface area contributed by atoms with Gasteiger partial charge in [0.25, 0.3) is 0 Å². The fourth-order valence-electron chi connectivity index (χ4n) is 1.06. The van der Waals surface area contributed by atoms with Gasteiger partial charge in [-0.1, -0.05) is 11.2 Å². The van der Waals surface area contributed by atoms with Crippen LogP contribution in [0.1, 0.15) is 5.89 Å². The topological polar surface area (TPSA) is 64.9 Å². The van der Waals surface area contributed by atoms with Crippen LogP contribution in [0.5, 0.6) is 0 Å². The second-order valence-corrected chi connectivity index (χ2v) is 4.88. The Morgan fingerprint density at radius 3 is 3.20 bits per heavy atom. The summed E-state index contributed by atoms with van der Waals surface area (Å²) in [6.45, 7) is 0.677. The first kappa shape index (κ1) is 10.7. The molecule has 0 saturated heterocycles. The van der Waals surface area contributed by atoms with Crippen LogP contribution in [0.2, 0.25) is 0 Å². The molecule has 0 amide bonds. The van der Waals surface area contributed by atoms with Crippen LogP contribution in [-0.4, -0.2) is 22.4 Å². The third kappa shape index (κ3) is 2.80. The van der Waals surface area contributed by atoms with E-state index in [0.717, 1.165) is 16.4 Å². The molecule has 4 nitrogen and oxygen atoms in total. The average molecular weight is 241 g/mol. The van der Waals surface area contributed by atoms with Gasteiger partial charge in [0.15, 0.2) is 0 Å². The second kappa shape index (κ2) is 5.29. The van der Waals surface area contributed by atoms with Crippen LogP contribution in [0.3, 0.4) is 0 Å². The highest BCUT2D eigenvalue weighted by Gasteiger charge is 2.08. The van der Waals surface area contributed by atoms with E-state index in [4.69, 9.17) is 10.3 Å². The van der Waals surface area contributed by atoms with Gasteiger partial charge < -0.3 is 10.3 Å². The minimum atomic E-state index is 0.664. The first-order valence-electron chi connectivity index (χ1n) is 4.54. The van der Waals surface area contributed by atoms with Gasteiger partial charge in [-0.3, -0.25) is 0 Å². The van der Waals surface area contributed by atoms with Crippen molar-refractivity contribution in [2.75, 3.05) is 12.3 Å². The number of hydrogen-bond donors (Lipinski definition) is 1. The summed E-state index contributed by atoms with van der Waals surface area (Å²) in [5, 5.41) is 5.91. The third-order valence-corrected chi connectivity index (χ3v) is 3.54. The Labute approximate surface area is 95.9 Å². The Bertz CT molecular complexity index is 399. The molecule has 2 aromatic heterocycles. The quantitative estimate of drug-likeness (QED) is 0.811. The van der Waals surface area contributed by atoms with Crippen molar-refractivity contribution in [1.29, 1.82) is 0 Å². The van der Waals surface area contributed by atoms with Crippen LogP contribution in [-0.2, 0) is 5.75 Å². The van der Waals surface area contributed by atoms with Crippen molar-refractivity contribution in [2.24, 2.45) is 5.73 Å². The average Bonchev–Trinajstić information content (AvgIpc) is 2.87. The number of nitrogens with two attached hydrogens (primary N) is 1. The van der Waals surface area contributed by atoms with Gasteiger partial charge >= 0.3 is 0 Å². The van der Waals surface area contributed by atoms with Crippen molar-refractivity contribution in [3.05, 3.63) is 23.4 Å². The van der Waals surface area contributed by atoms with E-state index in [0.29, 0.717) is 18.3 Å². The number of rotatable bonds is 5. The number of nitrogens with zero attached hydrogens (tertiary/aromatic N) is 2. The molecule has 0 aliphatic rings. The highest BCUT2D eigenvalue weighted by Crippen LogP contribution is 2.22. The fraction of sp³-hybridized carbons (Fsp3) is 0.333. The van der Waals surface area contributed by atoms with Crippen LogP contribution in [0.4, 0.5) is 0 Å². The summed E-state index contributed by atoms with van der Waals surface area (Å²) >= 11 is 3.30. The molecule has 15 heavy (non-hydrogen) atoms. The summed E-state index contributed by atoms with van der Waals surface area (Å²) in [7, 11) is 0. The molecule has 0 bridgehead atoms. The van der Waals surface area contributed by atoms with Gasteiger partial charge in [-0.05, 0) is 11.4 Å². The zero-order valence-electron chi connectivity index (χ0n) is 8.05. The minimum absolute atomic E-state index is 0.664. The van der Waals surface area contributed by atoms with Crippen molar-refractivity contribution in [1.82, 2.24) is 10.1 Å². The standard InChI is InChI=1S/C9H11N3OS2/c10-3-5-14-6-8-11-9(12-13-8)7-2-1-4-15-7/h1-2,4H,3,5-6,10H2. The monoisotopic (exact) mass is 241 g/mol. The molecule has 0 unspecified atom stereocenters. The van der Waals surface area contributed by atoms with Crippen LogP contribution in [0.15, 0.2) is 22.0 Å². The summed E-state index contributed by atoms with van der Waals surface area (Å²) in [6, 6.07) is 3.95. The molecule has 0 aliphatic heterocycles. The zero-order chi connectivity index (χ0) is 10.5. The summed E-state index contributed by atoms with van der Waals surface area (Å²) in [5.41, 5.74) is 5.39. The number of hydrogen-bond acceptors (Lipinski definition) is 6. The first-order chi connectivity index (χ1) is 7.40. The van der Waals surface area contributed by atoms with Gasteiger partial charge in [0.1, 0.15) is 0 Å². The van der Waals surface area contributed by atoms with Crippen LogP contribution in [0, 0.1) is 0 Å². The lowest BCUT2D eigenvalue weighted by Gasteiger charge is -1.91. The Morgan fingerprint density at radius 2 is 2.47 bits per heavy atom. The van der Waals surface area contributed by atoms with Gasteiger partial charge in [0, 0.05) is 12.3 Å². The second-order valence-electron chi connectivity index (χ2n) is 2.83. The summed E-state index contributed by atoms with van der Waals surface area (Å²) in [4.78, 5) is 5.33. The molecule has 0 aliphatic carbocycles. The van der Waals surface area contributed by atoms with E-state index in [1.807, 2.05) is 17.5 Å². The molecule has 0 atom stereocenters. The Morgan fingerprint density at radius 1 is 1.53 bits per heavy atom. The predicted molar refractivity (Wildman–Crippen MR) is 62.8 cm³/mol. The molecule has 0 spiro atoms. The van der Waals surface area contributed by atoms with E-state index in [1.54, 1.807) is 23.1 Å². The lowest BCUT2D eigenvalue weighted by atomic mass is 10.4. The minimum Gasteiger partial charge on any atom is -0.338 e. The van der Waals surface area contributed by atoms with Crippen LogP contribution >= 0.6 is 23.1 Å². The SMILES string of the molecule is NCCSCc1nc(-c2cccs2)no1. The van der Waals surface area contributed by atoms with E-state index in [1.165, 1.54) is 0 Å². The van der Waals surface area contributed by atoms with Crippen molar-refractivity contribution in [3.8, 4) is 10.7 Å². The molecule has 0 aromatic carbocycles. The summed E-state index contributed by atoms with van der Waals surface area (Å²) in [6.07, 6.45) is 0. The Hall–Kier alpha value is -0.850. The summed E-state index contributed by atoms with van der Waals surface area (Å²) in [5.74, 6) is 2.98. The molecule has 2 rings (SSSR count). The molecule has 80 valence electrons. The maximum atomic E-state index is 5.39. The maximum Gasteiger partial charge on any atom is 0.236 e. The number of thioether (sulfide) groups is 1. The van der Waals surface area contributed by atoms with Crippen LogP contribution < -0.4 is 5.73 Å². The largest absolute Gasteiger partial charge is 0.338 e. The van der Waals surface area contributed by atoms with Crippen molar-refractivity contribution in [2.45, 2.75) is 5.75 Å². The normalized spacial score (nSPS) is 10.7. The first-order valence-corrected chi connectivity index (χ1v) is 6.58. The number of aromatic nitrogens is 2.